The second-order valence-electron chi connectivity index (χ2n) is 0.448. The van der Waals surface area contributed by atoms with E-state index >= 15 is 0 Å². The monoisotopic (exact) mass is 206 g/mol. The average molecular weight is 206 g/mol. The van der Waals surface area contributed by atoms with Gasteiger partial charge in [-0.1, -0.05) is 0 Å². The molecule has 11 heteroatoms. The van der Waals surface area contributed by atoms with E-state index in [0.717, 1.165) is 0 Å². The molecule has 0 aromatic rings. The highest BCUT2D eigenvalue weighted by Gasteiger charge is 1.84. The molecule has 14 N–H and O–H groups in total. The van der Waals surface area contributed by atoms with Gasteiger partial charge in [-0.25, -0.2) is 0 Å². The number of hydrogen-bond donors (Lipinski definition) is 2. The molecule has 0 aliphatic carbocycles. The third-order valence-corrected chi connectivity index (χ3v) is 0. The Morgan fingerprint density at radius 2 is 0.636 bits per heavy atom. The summed E-state index contributed by atoms with van der Waals surface area (Å²) < 4.78 is 31.6. The molecule has 0 fully saturated rings. The SMILES string of the molecule is O.O.O.O.O.O.O=S(=O)(O)O. The van der Waals surface area contributed by atoms with Crippen molar-refractivity contribution in [3.8, 4) is 0 Å². The third kappa shape index (κ3) is 4100. The van der Waals surface area contributed by atoms with Gasteiger partial charge in [-0.3, -0.25) is 9.11 Å². The van der Waals surface area contributed by atoms with Crippen LogP contribution in [0.5, 0.6) is 0 Å². The molecule has 0 radical (unpaired) electrons. The molecule has 10 nitrogen and oxygen atoms in total. The van der Waals surface area contributed by atoms with Crippen LogP contribution in [0.1, 0.15) is 0 Å². The van der Waals surface area contributed by atoms with Crippen LogP contribution < -0.4 is 0 Å². The Balaban J connectivity index is -0.00000000533. The second-order valence-corrected chi connectivity index (χ2v) is 1.34. The van der Waals surface area contributed by atoms with E-state index < -0.39 is 10.4 Å². The maximum absolute atomic E-state index is 8.74. The molecule has 11 heavy (non-hydrogen) atoms. The van der Waals surface area contributed by atoms with Crippen molar-refractivity contribution < 1.29 is 50.4 Å². The molecule has 0 saturated carbocycles. The van der Waals surface area contributed by atoms with Crippen molar-refractivity contribution in [3.05, 3.63) is 0 Å². The van der Waals surface area contributed by atoms with Gasteiger partial charge in [-0.15, -0.1) is 0 Å². The van der Waals surface area contributed by atoms with Gasteiger partial charge in [0.2, 0.25) is 0 Å². The Kier molecular flexibility index (Phi) is 154. The van der Waals surface area contributed by atoms with Crippen LogP contribution in [0.3, 0.4) is 0 Å². The summed E-state index contributed by atoms with van der Waals surface area (Å²) in [4.78, 5) is 0. The van der Waals surface area contributed by atoms with Crippen molar-refractivity contribution in [3.63, 3.8) is 0 Å². The largest absolute Gasteiger partial charge is 0.412 e. The smallest absolute Gasteiger partial charge is 0.394 e. The molecule has 0 aromatic carbocycles. The number of hydrogen-bond acceptors (Lipinski definition) is 2. The summed E-state index contributed by atoms with van der Waals surface area (Å²) in [7, 11) is -4.67. The highest BCUT2D eigenvalue weighted by molar-refractivity contribution is 7.79. The zero-order valence-corrected chi connectivity index (χ0v) is 5.94. The van der Waals surface area contributed by atoms with E-state index in [-0.39, 0.29) is 32.9 Å². The van der Waals surface area contributed by atoms with Crippen LogP contribution in [0, 0.1) is 0 Å². The van der Waals surface area contributed by atoms with Gasteiger partial charge in [0.25, 0.3) is 0 Å². The molecule has 0 saturated heterocycles. The van der Waals surface area contributed by atoms with Gasteiger partial charge in [-0.05, 0) is 0 Å². The zero-order chi connectivity index (χ0) is 4.50. The fraction of sp³-hybridized carbons (Fsp3) is 0. The molecule has 80 valence electrons. The van der Waals surface area contributed by atoms with Crippen molar-refractivity contribution in [2.24, 2.45) is 0 Å². The van der Waals surface area contributed by atoms with Crippen molar-refractivity contribution in [1.29, 1.82) is 0 Å². The normalized spacial score (nSPS) is 5.27. The first-order chi connectivity index (χ1) is 2.00. The summed E-state index contributed by atoms with van der Waals surface area (Å²) in [5, 5.41) is 0. The van der Waals surface area contributed by atoms with Crippen molar-refractivity contribution in [2.45, 2.75) is 0 Å². The van der Waals surface area contributed by atoms with Gasteiger partial charge < -0.3 is 32.9 Å². The van der Waals surface area contributed by atoms with Crippen LogP contribution in [0.4, 0.5) is 0 Å². The predicted molar refractivity (Wildman–Crippen MR) is 35.9 cm³/mol. The molecule has 0 unspecified atom stereocenters. The molecule has 0 atom stereocenters. The third-order valence-electron chi connectivity index (χ3n) is 0. The molecule has 0 spiro atoms. The molecule has 0 aliphatic heterocycles. The summed E-state index contributed by atoms with van der Waals surface area (Å²) in [5.74, 6) is 0. The summed E-state index contributed by atoms with van der Waals surface area (Å²) >= 11 is 0. The highest BCUT2D eigenvalue weighted by Crippen LogP contribution is 1.59. The minimum atomic E-state index is -4.67. The van der Waals surface area contributed by atoms with Crippen molar-refractivity contribution >= 4 is 10.4 Å². The molecule has 0 aliphatic rings. The quantitative estimate of drug-likeness (QED) is 0.366. The summed E-state index contributed by atoms with van der Waals surface area (Å²) in [5.41, 5.74) is 0. The molecular weight excluding hydrogens is 192 g/mol. The van der Waals surface area contributed by atoms with Gasteiger partial charge in [0.05, 0.1) is 0 Å². The molecule has 0 rings (SSSR count). The topological polar surface area (TPSA) is 264 Å². The van der Waals surface area contributed by atoms with Gasteiger partial charge >= 0.3 is 10.4 Å². The minimum Gasteiger partial charge on any atom is -0.412 e. The Morgan fingerprint density at radius 1 is 0.636 bits per heavy atom. The molecule has 0 heterocycles. The highest BCUT2D eigenvalue weighted by atomic mass is 32.3. The summed E-state index contributed by atoms with van der Waals surface area (Å²) in [6, 6.07) is 0. The second kappa shape index (κ2) is 22.6. The minimum absolute atomic E-state index is 0. The first kappa shape index (κ1) is 74.8. The van der Waals surface area contributed by atoms with Crippen molar-refractivity contribution in [2.75, 3.05) is 0 Å². The van der Waals surface area contributed by atoms with E-state index in [2.05, 4.69) is 0 Å². The van der Waals surface area contributed by atoms with Gasteiger partial charge in [0.1, 0.15) is 0 Å². The predicted octanol–water partition coefficient (Wildman–Crippen LogP) is -5.60. The molecular formula is H14O10S. The fourth-order valence-corrected chi connectivity index (χ4v) is 0. The van der Waals surface area contributed by atoms with Gasteiger partial charge in [0.15, 0.2) is 0 Å². The van der Waals surface area contributed by atoms with E-state index in [0.29, 0.717) is 0 Å². The van der Waals surface area contributed by atoms with Crippen LogP contribution in [0.25, 0.3) is 0 Å². The van der Waals surface area contributed by atoms with Crippen LogP contribution in [0.15, 0.2) is 0 Å². The lowest BCUT2D eigenvalue weighted by Crippen LogP contribution is -1.89. The van der Waals surface area contributed by atoms with Crippen LogP contribution >= 0.6 is 0 Å². The molecule has 0 amide bonds. The first-order valence-electron chi connectivity index (χ1n) is 0.698. The lowest BCUT2D eigenvalue weighted by atomic mass is 15.8. The summed E-state index contributed by atoms with van der Waals surface area (Å²) in [6.07, 6.45) is 0. The van der Waals surface area contributed by atoms with E-state index in [4.69, 9.17) is 17.5 Å². The van der Waals surface area contributed by atoms with Crippen LogP contribution in [-0.2, 0) is 10.4 Å². The van der Waals surface area contributed by atoms with Gasteiger partial charge in [-0.2, -0.15) is 8.42 Å². The maximum Gasteiger partial charge on any atom is 0.394 e. The van der Waals surface area contributed by atoms with Crippen LogP contribution in [0.2, 0.25) is 0 Å². The standard InChI is InChI=1S/H2O4S.6H2O/c1-5(2,3)4;;;;;;/h(H2,1,2,3,4);6*1H2. The lowest BCUT2D eigenvalue weighted by molar-refractivity contribution is 0.381. The molecule has 0 aromatic heterocycles. The fourth-order valence-electron chi connectivity index (χ4n) is 0. The Hall–Kier alpha value is -0.370. The van der Waals surface area contributed by atoms with E-state index in [1.807, 2.05) is 0 Å². The maximum atomic E-state index is 8.74. The van der Waals surface area contributed by atoms with E-state index in [9.17, 15) is 0 Å². The number of rotatable bonds is 0. The van der Waals surface area contributed by atoms with Crippen LogP contribution in [-0.4, -0.2) is 50.4 Å². The average Bonchev–Trinajstić information content (AvgIpc) is 0.722. The Bertz CT molecular complexity index is 88.0. The van der Waals surface area contributed by atoms with E-state index in [1.54, 1.807) is 0 Å². The molecule has 0 bridgehead atoms. The lowest BCUT2D eigenvalue weighted by Gasteiger charge is -1.68. The van der Waals surface area contributed by atoms with Gasteiger partial charge in [0, 0.05) is 0 Å². The Labute approximate surface area is 61.9 Å². The van der Waals surface area contributed by atoms with E-state index in [1.165, 1.54) is 0 Å². The van der Waals surface area contributed by atoms with Crippen molar-refractivity contribution in [1.82, 2.24) is 0 Å². The zero-order valence-electron chi connectivity index (χ0n) is 5.12. The Morgan fingerprint density at radius 3 is 0.636 bits per heavy atom. The summed E-state index contributed by atoms with van der Waals surface area (Å²) in [6.45, 7) is 0. The first-order valence-corrected chi connectivity index (χ1v) is 2.10.